The number of aromatic nitrogens is 4. The zero-order valence-electron chi connectivity index (χ0n) is 21.5. The lowest BCUT2D eigenvalue weighted by Gasteiger charge is -2.24. The summed E-state index contributed by atoms with van der Waals surface area (Å²) in [4.78, 5) is 30.9. The fraction of sp³-hybridized carbons (Fsp3) is 0.393. The minimum atomic E-state index is 0.00391. The van der Waals surface area contributed by atoms with Crippen LogP contribution in [0.3, 0.4) is 0 Å². The number of carbonyl (C=O) groups is 1. The van der Waals surface area contributed by atoms with Gasteiger partial charge in [-0.15, -0.1) is 0 Å². The van der Waals surface area contributed by atoms with Crippen molar-refractivity contribution >= 4 is 22.9 Å². The summed E-state index contributed by atoms with van der Waals surface area (Å²) in [5.74, 6) is 1.47. The molecule has 37 heavy (non-hydrogen) atoms. The van der Waals surface area contributed by atoms with E-state index in [1.54, 1.807) is 12.4 Å². The number of nitrogens with one attached hydrogen (secondary N) is 1. The van der Waals surface area contributed by atoms with Gasteiger partial charge in [0.15, 0.2) is 0 Å². The Kier molecular flexibility index (Phi) is 7.58. The molecular weight excluding hydrogens is 466 g/mol. The zero-order valence-corrected chi connectivity index (χ0v) is 21.5. The van der Waals surface area contributed by atoms with Gasteiger partial charge in [-0.3, -0.25) is 4.98 Å². The smallest absolute Gasteiger partial charge is 0.317 e. The summed E-state index contributed by atoms with van der Waals surface area (Å²) in [6.45, 7) is 7.66. The Balaban J connectivity index is 1.48. The molecular formula is C28H33N7O2. The van der Waals surface area contributed by atoms with Crippen LogP contribution in [-0.2, 0) is 6.42 Å². The number of hydrogen-bond acceptors (Lipinski definition) is 7. The predicted molar refractivity (Wildman–Crippen MR) is 144 cm³/mol. The number of unbranched alkanes of at least 4 members (excludes halogenated alkanes) is 1. The highest BCUT2D eigenvalue weighted by molar-refractivity contribution is 5.98. The van der Waals surface area contributed by atoms with E-state index in [0.717, 1.165) is 48.1 Å². The Hall–Kier alpha value is -4.01. The Bertz CT molecular complexity index is 1340. The molecule has 1 aromatic carbocycles. The predicted octanol–water partition coefficient (Wildman–Crippen LogP) is 4.60. The van der Waals surface area contributed by atoms with Crippen LogP contribution >= 0.6 is 0 Å². The summed E-state index contributed by atoms with van der Waals surface area (Å²) in [5, 5.41) is 8.19. The maximum atomic E-state index is 12.7. The summed E-state index contributed by atoms with van der Waals surface area (Å²) in [7, 11) is 0. The Morgan fingerprint density at radius 2 is 1.95 bits per heavy atom. The molecule has 1 aliphatic heterocycles. The molecule has 3 aromatic heterocycles. The van der Waals surface area contributed by atoms with Crippen LogP contribution in [0.15, 0.2) is 53.3 Å². The van der Waals surface area contributed by atoms with Gasteiger partial charge in [-0.2, -0.15) is 4.98 Å². The molecule has 0 aliphatic carbocycles. The number of hydrogen-bond donors (Lipinski definition) is 1. The van der Waals surface area contributed by atoms with Crippen LogP contribution in [0.5, 0.6) is 0 Å². The number of aryl methyl sites for hydroxylation is 1. The summed E-state index contributed by atoms with van der Waals surface area (Å²) in [6, 6.07) is 12.2. The fourth-order valence-electron chi connectivity index (χ4n) is 4.59. The van der Waals surface area contributed by atoms with Gasteiger partial charge in [0, 0.05) is 57.1 Å². The molecule has 0 unspecified atom stereocenters. The Morgan fingerprint density at radius 3 is 2.73 bits per heavy atom. The highest BCUT2D eigenvalue weighted by atomic mass is 16.5. The molecule has 1 fully saturated rings. The van der Waals surface area contributed by atoms with Crippen molar-refractivity contribution in [3.05, 3.63) is 65.7 Å². The van der Waals surface area contributed by atoms with Crippen molar-refractivity contribution in [3.63, 3.8) is 0 Å². The molecule has 9 heteroatoms. The number of nitrogens with zero attached hydrogens (tertiary/aromatic N) is 6. The SMILES string of the molecule is CCCCNC(=O)N1CCCN(c2nc(Cc3ccc(C)cc3)nc3onc(-c4cccnc4)c23)CC1. The fourth-order valence-corrected chi connectivity index (χ4v) is 4.59. The van der Waals surface area contributed by atoms with Crippen LogP contribution in [0.2, 0.25) is 0 Å². The molecule has 0 bridgehead atoms. The first kappa shape index (κ1) is 24.7. The third-order valence-corrected chi connectivity index (χ3v) is 6.67. The average molecular weight is 500 g/mol. The molecule has 4 heterocycles. The third kappa shape index (κ3) is 5.71. The average Bonchev–Trinajstić information content (AvgIpc) is 3.19. The van der Waals surface area contributed by atoms with Crippen LogP contribution in [0, 0.1) is 6.92 Å². The van der Waals surface area contributed by atoms with E-state index in [1.807, 2.05) is 17.0 Å². The van der Waals surface area contributed by atoms with E-state index in [9.17, 15) is 4.79 Å². The van der Waals surface area contributed by atoms with Crippen molar-refractivity contribution in [1.82, 2.24) is 30.3 Å². The number of anilines is 1. The third-order valence-electron chi connectivity index (χ3n) is 6.67. The first-order valence-electron chi connectivity index (χ1n) is 13.0. The minimum Gasteiger partial charge on any atom is -0.354 e. The summed E-state index contributed by atoms with van der Waals surface area (Å²) >= 11 is 0. The van der Waals surface area contributed by atoms with Crippen molar-refractivity contribution in [2.45, 2.75) is 39.5 Å². The van der Waals surface area contributed by atoms with Gasteiger partial charge in [-0.1, -0.05) is 48.3 Å². The van der Waals surface area contributed by atoms with Crippen LogP contribution in [0.4, 0.5) is 10.6 Å². The number of amides is 2. The summed E-state index contributed by atoms with van der Waals surface area (Å²) < 4.78 is 5.75. The number of benzene rings is 1. The van der Waals surface area contributed by atoms with Crippen LogP contribution < -0.4 is 10.2 Å². The lowest BCUT2D eigenvalue weighted by atomic mass is 10.1. The van der Waals surface area contributed by atoms with Crippen molar-refractivity contribution < 1.29 is 9.32 Å². The van der Waals surface area contributed by atoms with Gasteiger partial charge in [-0.05, 0) is 37.5 Å². The standard InChI is InChI=1S/C28H33N7O2/c1-3-4-13-30-28(36)35-15-6-14-34(16-17-35)26-24-25(22-7-5-12-29-19-22)33-37-27(24)32-23(31-26)18-21-10-8-20(2)9-11-21/h5,7-12,19H,3-4,6,13-18H2,1-2H3,(H,30,36). The molecule has 5 rings (SSSR count). The van der Waals surface area contributed by atoms with E-state index in [4.69, 9.17) is 14.5 Å². The maximum Gasteiger partial charge on any atom is 0.317 e. The monoisotopic (exact) mass is 499 g/mol. The molecule has 2 amide bonds. The highest BCUT2D eigenvalue weighted by Gasteiger charge is 2.26. The van der Waals surface area contributed by atoms with Crippen molar-refractivity contribution in [3.8, 4) is 11.3 Å². The van der Waals surface area contributed by atoms with Crippen LogP contribution in [-0.4, -0.2) is 63.8 Å². The van der Waals surface area contributed by atoms with Gasteiger partial charge in [0.25, 0.3) is 5.71 Å². The topological polar surface area (TPSA) is 100 Å². The zero-order chi connectivity index (χ0) is 25.6. The van der Waals surface area contributed by atoms with Gasteiger partial charge >= 0.3 is 6.03 Å². The van der Waals surface area contributed by atoms with E-state index in [2.05, 4.69) is 58.5 Å². The minimum absolute atomic E-state index is 0.00391. The molecule has 0 radical (unpaired) electrons. The maximum absolute atomic E-state index is 12.7. The van der Waals surface area contributed by atoms with Crippen molar-refractivity contribution in [2.75, 3.05) is 37.6 Å². The molecule has 1 N–H and O–H groups in total. The molecule has 192 valence electrons. The van der Waals surface area contributed by atoms with E-state index in [-0.39, 0.29) is 6.03 Å². The van der Waals surface area contributed by atoms with Gasteiger partial charge in [0.05, 0.1) is 0 Å². The number of pyridine rings is 1. The highest BCUT2D eigenvalue weighted by Crippen LogP contribution is 2.34. The molecule has 1 saturated heterocycles. The van der Waals surface area contributed by atoms with E-state index >= 15 is 0 Å². The van der Waals surface area contributed by atoms with Gasteiger partial charge in [-0.25, -0.2) is 9.78 Å². The number of carbonyl (C=O) groups excluding carboxylic acids is 1. The number of rotatable bonds is 7. The summed E-state index contributed by atoms with van der Waals surface area (Å²) in [5.41, 5.74) is 4.34. The largest absolute Gasteiger partial charge is 0.354 e. The van der Waals surface area contributed by atoms with Gasteiger partial charge < -0.3 is 19.6 Å². The van der Waals surface area contributed by atoms with Gasteiger partial charge in [0.2, 0.25) is 0 Å². The lowest BCUT2D eigenvalue weighted by Crippen LogP contribution is -2.42. The molecule has 0 spiro atoms. The molecule has 0 saturated carbocycles. The molecule has 1 aliphatic rings. The van der Waals surface area contributed by atoms with E-state index in [1.165, 1.54) is 5.56 Å². The molecule has 9 nitrogen and oxygen atoms in total. The Morgan fingerprint density at radius 1 is 1.08 bits per heavy atom. The van der Waals surface area contributed by atoms with Crippen molar-refractivity contribution in [2.24, 2.45) is 0 Å². The molecule has 4 aromatic rings. The Labute approximate surface area is 216 Å². The van der Waals surface area contributed by atoms with Crippen molar-refractivity contribution in [1.29, 1.82) is 0 Å². The molecule has 0 atom stereocenters. The first-order chi connectivity index (χ1) is 18.1. The normalized spacial score (nSPS) is 14.1. The van der Waals surface area contributed by atoms with E-state index < -0.39 is 0 Å². The van der Waals surface area contributed by atoms with Crippen LogP contribution in [0.25, 0.3) is 22.4 Å². The van der Waals surface area contributed by atoms with Crippen LogP contribution in [0.1, 0.15) is 43.1 Å². The quantitative estimate of drug-likeness (QED) is 0.371. The number of urea groups is 1. The number of fused-ring (bicyclic) bond motifs is 1. The van der Waals surface area contributed by atoms with E-state index in [0.29, 0.717) is 49.8 Å². The van der Waals surface area contributed by atoms with Gasteiger partial charge in [0.1, 0.15) is 22.7 Å². The lowest BCUT2D eigenvalue weighted by molar-refractivity contribution is 0.201. The first-order valence-corrected chi connectivity index (χ1v) is 13.0. The second-order valence-corrected chi connectivity index (χ2v) is 9.49. The second kappa shape index (κ2) is 11.4. The summed E-state index contributed by atoms with van der Waals surface area (Å²) in [6.07, 6.45) is 6.98. The second-order valence-electron chi connectivity index (χ2n) is 9.49.